The molecular weight excluding hydrogens is 268 g/mol. The fourth-order valence-electron chi connectivity index (χ4n) is 3.21. The zero-order chi connectivity index (χ0) is 15.2. The molecule has 2 aliphatic rings. The van der Waals surface area contributed by atoms with E-state index in [1.807, 2.05) is 25.1 Å². The van der Waals surface area contributed by atoms with Gasteiger partial charge in [0.2, 0.25) is 0 Å². The summed E-state index contributed by atoms with van der Waals surface area (Å²) in [4.78, 5) is 15.6. The number of anilines is 2. The quantitative estimate of drug-likeness (QED) is 0.821. The van der Waals surface area contributed by atoms with E-state index in [0.717, 1.165) is 43.7 Å². The van der Waals surface area contributed by atoms with Crippen LogP contribution in [-0.4, -0.2) is 41.9 Å². The summed E-state index contributed by atoms with van der Waals surface area (Å²) in [5, 5.41) is 20.1. The molecule has 1 fully saturated rings. The summed E-state index contributed by atoms with van der Waals surface area (Å²) in [6.45, 7) is 3.59. The van der Waals surface area contributed by atoms with Gasteiger partial charge in [-0.3, -0.25) is 4.79 Å². The average molecular weight is 290 g/mol. The van der Waals surface area contributed by atoms with Gasteiger partial charge < -0.3 is 20.0 Å². The molecule has 0 aliphatic carbocycles. The first-order valence-corrected chi connectivity index (χ1v) is 7.46. The topological polar surface area (TPSA) is 64.0 Å². The number of benzene rings is 1. The van der Waals surface area contributed by atoms with E-state index >= 15 is 0 Å². The molecule has 0 spiro atoms. The first kappa shape index (κ1) is 14.4. The van der Waals surface area contributed by atoms with Crippen molar-refractivity contribution >= 4 is 17.3 Å². The monoisotopic (exact) mass is 290 g/mol. The average Bonchev–Trinajstić information content (AvgIpc) is 2.60. The summed E-state index contributed by atoms with van der Waals surface area (Å²) < 4.78 is 0. The molecule has 5 nitrogen and oxygen atoms in total. The molecule has 1 aromatic carbocycles. The van der Waals surface area contributed by atoms with Crippen LogP contribution in [-0.2, 0) is 4.79 Å². The maximum absolute atomic E-state index is 11.8. The molecule has 5 heteroatoms. The molecule has 2 aliphatic heterocycles. The fourth-order valence-corrected chi connectivity index (χ4v) is 3.21. The van der Waals surface area contributed by atoms with Crippen molar-refractivity contribution < 1.29 is 15.0 Å². The summed E-state index contributed by atoms with van der Waals surface area (Å²) in [6.07, 6.45) is 1.46. The lowest BCUT2D eigenvalue weighted by Crippen LogP contribution is -2.28. The van der Waals surface area contributed by atoms with Crippen molar-refractivity contribution in [3.05, 3.63) is 23.8 Å². The second-order valence-corrected chi connectivity index (χ2v) is 6.38. The highest BCUT2D eigenvalue weighted by Gasteiger charge is 2.34. The number of carbonyl (C=O) groups is 1. The van der Waals surface area contributed by atoms with Crippen molar-refractivity contribution in [2.45, 2.75) is 37.9 Å². The van der Waals surface area contributed by atoms with E-state index in [2.05, 4.69) is 4.90 Å². The molecule has 2 atom stereocenters. The molecule has 0 bridgehead atoms. The Hall–Kier alpha value is -1.59. The van der Waals surface area contributed by atoms with E-state index in [-0.39, 0.29) is 5.91 Å². The first-order valence-electron chi connectivity index (χ1n) is 7.46. The molecule has 2 heterocycles. The number of nitrogens with zero attached hydrogens (tertiary/aromatic N) is 2. The van der Waals surface area contributed by atoms with Gasteiger partial charge in [0.25, 0.3) is 5.91 Å². The third kappa shape index (κ3) is 2.51. The van der Waals surface area contributed by atoms with Crippen LogP contribution in [0.4, 0.5) is 11.4 Å². The molecular formula is C16H22N2O3. The van der Waals surface area contributed by atoms with Crippen LogP contribution in [0.2, 0.25) is 0 Å². The Morgan fingerprint density at radius 3 is 2.81 bits per heavy atom. The number of hydrogen-bond acceptors (Lipinski definition) is 4. The SMILES string of the molecule is CN1C(=O)C(O)c2ccc(N3CCCC(C)(O)CC3)cc21. The van der Waals surface area contributed by atoms with Gasteiger partial charge in [0.15, 0.2) is 6.10 Å². The van der Waals surface area contributed by atoms with Gasteiger partial charge in [0.05, 0.1) is 11.3 Å². The molecule has 0 saturated carbocycles. The molecule has 2 unspecified atom stereocenters. The number of carbonyl (C=O) groups excluding carboxylic acids is 1. The van der Waals surface area contributed by atoms with Gasteiger partial charge >= 0.3 is 0 Å². The number of fused-ring (bicyclic) bond motifs is 1. The van der Waals surface area contributed by atoms with E-state index < -0.39 is 11.7 Å². The predicted molar refractivity (Wildman–Crippen MR) is 81.5 cm³/mol. The van der Waals surface area contributed by atoms with Gasteiger partial charge in [-0.1, -0.05) is 6.07 Å². The highest BCUT2D eigenvalue weighted by atomic mass is 16.3. The zero-order valence-corrected chi connectivity index (χ0v) is 12.5. The number of hydrogen-bond donors (Lipinski definition) is 2. The maximum atomic E-state index is 11.8. The first-order chi connectivity index (χ1) is 9.89. The number of amides is 1. The second-order valence-electron chi connectivity index (χ2n) is 6.38. The molecule has 1 aromatic rings. The maximum Gasteiger partial charge on any atom is 0.260 e. The predicted octanol–water partition coefficient (Wildman–Crippen LogP) is 1.44. The Balaban J connectivity index is 1.87. The molecule has 3 rings (SSSR count). The Morgan fingerprint density at radius 2 is 2.05 bits per heavy atom. The molecule has 1 saturated heterocycles. The Bertz CT molecular complexity index is 571. The largest absolute Gasteiger partial charge is 0.390 e. The van der Waals surface area contributed by atoms with Crippen molar-refractivity contribution in [1.82, 2.24) is 0 Å². The smallest absolute Gasteiger partial charge is 0.260 e. The Kier molecular flexibility index (Phi) is 3.42. The summed E-state index contributed by atoms with van der Waals surface area (Å²) >= 11 is 0. The molecule has 0 aromatic heterocycles. The van der Waals surface area contributed by atoms with Gasteiger partial charge in [-0.25, -0.2) is 0 Å². The lowest BCUT2D eigenvalue weighted by molar-refractivity contribution is -0.125. The van der Waals surface area contributed by atoms with E-state index in [9.17, 15) is 15.0 Å². The normalized spacial score (nSPS) is 29.5. The third-order valence-corrected chi connectivity index (χ3v) is 4.66. The molecule has 2 N–H and O–H groups in total. The number of rotatable bonds is 1. The lowest BCUT2D eigenvalue weighted by Gasteiger charge is -2.25. The minimum atomic E-state index is -1.04. The third-order valence-electron chi connectivity index (χ3n) is 4.66. The van der Waals surface area contributed by atoms with Crippen molar-refractivity contribution in [3.8, 4) is 0 Å². The molecule has 21 heavy (non-hydrogen) atoms. The number of aliphatic hydroxyl groups is 2. The van der Waals surface area contributed by atoms with Gasteiger partial charge in [-0.15, -0.1) is 0 Å². The van der Waals surface area contributed by atoms with Crippen LogP contribution in [0.25, 0.3) is 0 Å². The Morgan fingerprint density at radius 1 is 1.29 bits per heavy atom. The van der Waals surface area contributed by atoms with E-state index in [1.54, 1.807) is 7.05 Å². The van der Waals surface area contributed by atoms with Gasteiger partial charge in [0.1, 0.15) is 0 Å². The minimum absolute atomic E-state index is 0.277. The van der Waals surface area contributed by atoms with E-state index in [1.165, 1.54) is 4.90 Å². The van der Waals surface area contributed by atoms with Crippen molar-refractivity contribution in [2.24, 2.45) is 0 Å². The zero-order valence-electron chi connectivity index (χ0n) is 12.5. The van der Waals surface area contributed by atoms with Crippen molar-refractivity contribution in [3.63, 3.8) is 0 Å². The summed E-state index contributed by atoms with van der Waals surface area (Å²) in [5.74, 6) is -0.277. The number of likely N-dealkylation sites (N-methyl/N-ethyl adjacent to an activating group) is 1. The molecule has 0 radical (unpaired) electrons. The van der Waals surface area contributed by atoms with Gasteiger partial charge in [-0.05, 0) is 38.3 Å². The fraction of sp³-hybridized carbons (Fsp3) is 0.562. The van der Waals surface area contributed by atoms with Crippen LogP contribution in [0.3, 0.4) is 0 Å². The summed E-state index contributed by atoms with van der Waals surface area (Å²) in [7, 11) is 1.69. The highest BCUT2D eigenvalue weighted by Crippen LogP contribution is 2.38. The standard InChI is InChI=1S/C16H22N2O3/c1-16(21)6-3-8-18(9-7-16)11-4-5-12-13(10-11)17(2)15(20)14(12)19/h4-5,10,14,19,21H,3,6-9H2,1-2H3. The van der Waals surface area contributed by atoms with Crippen LogP contribution in [0.1, 0.15) is 37.9 Å². The summed E-state index contributed by atoms with van der Waals surface area (Å²) in [6, 6.07) is 5.75. The lowest BCUT2D eigenvalue weighted by atomic mass is 9.98. The summed E-state index contributed by atoms with van der Waals surface area (Å²) in [5.41, 5.74) is 1.91. The second kappa shape index (κ2) is 5.00. The van der Waals surface area contributed by atoms with Crippen LogP contribution in [0.5, 0.6) is 0 Å². The highest BCUT2D eigenvalue weighted by molar-refractivity contribution is 6.03. The van der Waals surface area contributed by atoms with Crippen LogP contribution in [0.15, 0.2) is 18.2 Å². The van der Waals surface area contributed by atoms with Crippen molar-refractivity contribution in [1.29, 1.82) is 0 Å². The molecule has 114 valence electrons. The van der Waals surface area contributed by atoms with E-state index in [4.69, 9.17) is 0 Å². The van der Waals surface area contributed by atoms with Crippen molar-refractivity contribution in [2.75, 3.05) is 29.9 Å². The minimum Gasteiger partial charge on any atom is -0.390 e. The van der Waals surface area contributed by atoms with E-state index in [0.29, 0.717) is 5.56 Å². The number of aliphatic hydroxyl groups excluding tert-OH is 1. The van der Waals surface area contributed by atoms with Crippen LogP contribution in [0, 0.1) is 0 Å². The van der Waals surface area contributed by atoms with Crippen LogP contribution >= 0.6 is 0 Å². The molecule has 1 amide bonds. The van der Waals surface area contributed by atoms with Crippen LogP contribution < -0.4 is 9.80 Å². The van der Waals surface area contributed by atoms with Gasteiger partial charge in [-0.2, -0.15) is 0 Å². The van der Waals surface area contributed by atoms with Gasteiger partial charge in [0, 0.05) is 31.4 Å². The Labute approximate surface area is 124 Å².